The van der Waals surface area contributed by atoms with Crippen LogP contribution >= 0.6 is 0 Å². The van der Waals surface area contributed by atoms with E-state index in [1.54, 1.807) is 20.8 Å². The Morgan fingerprint density at radius 1 is 1.36 bits per heavy atom. The highest BCUT2D eigenvalue weighted by molar-refractivity contribution is 5.69. The van der Waals surface area contributed by atoms with Gasteiger partial charge in [0.2, 0.25) is 0 Å². The zero-order valence-corrected chi connectivity index (χ0v) is 14.1. The molecule has 0 bridgehead atoms. The molecule has 7 nitrogen and oxygen atoms in total. The first-order chi connectivity index (χ1) is 10.2. The van der Waals surface area contributed by atoms with Gasteiger partial charge in [0.1, 0.15) is 5.60 Å². The van der Waals surface area contributed by atoms with Crippen LogP contribution < -0.4 is 5.32 Å². The number of hydrogen-bond acceptors (Lipinski definition) is 5. The minimum atomic E-state index is -0.580. The van der Waals surface area contributed by atoms with Gasteiger partial charge in [-0.1, -0.05) is 6.92 Å². The van der Waals surface area contributed by atoms with Crippen molar-refractivity contribution >= 4 is 12.2 Å². The molecule has 1 aliphatic rings. The summed E-state index contributed by atoms with van der Waals surface area (Å²) >= 11 is 0. The molecule has 128 valence electrons. The molecule has 1 saturated heterocycles. The largest absolute Gasteiger partial charge is 0.453 e. The molecule has 0 spiro atoms. The summed E-state index contributed by atoms with van der Waals surface area (Å²) in [7, 11) is 1.32. The average Bonchev–Trinajstić information content (AvgIpc) is 2.42. The number of rotatable bonds is 3. The van der Waals surface area contributed by atoms with Crippen LogP contribution in [0.3, 0.4) is 0 Å². The van der Waals surface area contributed by atoms with Gasteiger partial charge >= 0.3 is 12.2 Å². The molecule has 0 aromatic rings. The number of alkyl carbamates (subject to hydrolysis) is 1. The minimum absolute atomic E-state index is 0.0993. The maximum absolute atomic E-state index is 11.9. The van der Waals surface area contributed by atoms with Crippen molar-refractivity contribution in [2.24, 2.45) is 5.92 Å². The van der Waals surface area contributed by atoms with Gasteiger partial charge in [0.05, 0.1) is 19.3 Å². The SMILES string of the molecule is CCC(O)C1CC(NC(=O)OC(C)(C)C)CN(C(=O)OC)C1. The summed E-state index contributed by atoms with van der Waals surface area (Å²) in [6.07, 6.45) is -0.297. The molecule has 2 amide bonds. The number of carbonyl (C=O) groups excluding carboxylic acids is 2. The lowest BCUT2D eigenvalue weighted by atomic mass is 9.88. The summed E-state index contributed by atoms with van der Waals surface area (Å²) in [5.74, 6) is -0.0993. The van der Waals surface area contributed by atoms with Gasteiger partial charge in [0.15, 0.2) is 0 Å². The van der Waals surface area contributed by atoms with Gasteiger partial charge in [0.25, 0.3) is 0 Å². The highest BCUT2D eigenvalue weighted by Gasteiger charge is 2.34. The Kier molecular flexibility index (Phi) is 6.47. The Bertz CT molecular complexity index is 394. The predicted octanol–water partition coefficient (Wildman–Crippen LogP) is 1.74. The van der Waals surface area contributed by atoms with E-state index in [4.69, 9.17) is 9.47 Å². The molecule has 0 aromatic heterocycles. The molecule has 7 heteroatoms. The Balaban J connectivity index is 2.71. The van der Waals surface area contributed by atoms with Gasteiger partial charge in [-0.15, -0.1) is 0 Å². The molecule has 1 fully saturated rings. The number of amides is 2. The van der Waals surface area contributed by atoms with Gasteiger partial charge < -0.3 is 24.8 Å². The molecule has 1 aliphatic heterocycles. The molecule has 2 N–H and O–H groups in total. The second kappa shape index (κ2) is 7.67. The molecule has 3 atom stereocenters. The van der Waals surface area contributed by atoms with Crippen LogP contribution in [-0.2, 0) is 9.47 Å². The van der Waals surface area contributed by atoms with E-state index in [1.807, 2.05) is 6.92 Å². The summed E-state index contributed by atoms with van der Waals surface area (Å²) in [5.41, 5.74) is -0.580. The number of likely N-dealkylation sites (tertiary alicyclic amines) is 1. The molecule has 1 heterocycles. The van der Waals surface area contributed by atoms with E-state index in [2.05, 4.69) is 5.32 Å². The number of aliphatic hydroxyl groups is 1. The Morgan fingerprint density at radius 3 is 2.50 bits per heavy atom. The number of carbonyl (C=O) groups is 2. The third-order valence-electron chi connectivity index (χ3n) is 3.60. The zero-order valence-electron chi connectivity index (χ0n) is 14.1. The van der Waals surface area contributed by atoms with Crippen LogP contribution in [-0.4, -0.2) is 60.1 Å². The van der Waals surface area contributed by atoms with Crippen molar-refractivity contribution in [3.05, 3.63) is 0 Å². The second-order valence-corrected chi connectivity index (χ2v) is 6.69. The monoisotopic (exact) mass is 316 g/mol. The van der Waals surface area contributed by atoms with Gasteiger partial charge in [-0.3, -0.25) is 0 Å². The topological polar surface area (TPSA) is 88.1 Å². The van der Waals surface area contributed by atoms with E-state index in [-0.39, 0.29) is 12.0 Å². The van der Waals surface area contributed by atoms with Crippen LogP contribution in [0.15, 0.2) is 0 Å². The maximum Gasteiger partial charge on any atom is 0.409 e. The first-order valence-corrected chi connectivity index (χ1v) is 7.66. The fraction of sp³-hybridized carbons (Fsp3) is 0.867. The second-order valence-electron chi connectivity index (χ2n) is 6.69. The van der Waals surface area contributed by atoms with Crippen LogP contribution in [0.5, 0.6) is 0 Å². The number of aliphatic hydroxyl groups excluding tert-OH is 1. The highest BCUT2D eigenvalue weighted by Crippen LogP contribution is 2.23. The normalized spacial score (nSPS) is 23.6. The van der Waals surface area contributed by atoms with Crippen molar-refractivity contribution in [1.29, 1.82) is 0 Å². The number of methoxy groups -OCH3 is 1. The van der Waals surface area contributed by atoms with Crippen molar-refractivity contribution in [3.63, 3.8) is 0 Å². The first kappa shape index (κ1) is 18.5. The molecule has 1 rings (SSSR count). The zero-order chi connectivity index (χ0) is 16.9. The van der Waals surface area contributed by atoms with Crippen LogP contribution in [0, 0.1) is 5.92 Å². The van der Waals surface area contributed by atoms with Crippen LogP contribution in [0.25, 0.3) is 0 Å². The van der Waals surface area contributed by atoms with Crippen LogP contribution in [0.2, 0.25) is 0 Å². The molecule has 0 saturated carbocycles. The third kappa shape index (κ3) is 5.71. The summed E-state index contributed by atoms with van der Waals surface area (Å²) in [6.45, 7) is 8.03. The number of nitrogens with zero attached hydrogens (tertiary/aromatic N) is 1. The first-order valence-electron chi connectivity index (χ1n) is 7.66. The maximum atomic E-state index is 11.9. The average molecular weight is 316 g/mol. The van der Waals surface area contributed by atoms with Crippen molar-refractivity contribution in [3.8, 4) is 0 Å². The number of nitrogens with one attached hydrogen (secondary N) is 1. The number of piperidine rings is 1. The fourth-order valence-corrected chi connectivity index (χ4v) is 2.61. The minimum Gasteiger partial charge on any atom is -0.453 e. The highest BCUT2D eigenvalue weighted by atomic mass is 16.6. The van der Waals surface area contributed by atoms with Gasteiger partial charge in [-0.2, -0.15) is 0 Å². The van der Waals surface area contributed by atoms with E-state index in [0.29, 0.717) is 25.9 Å². The lowest BCUT2D eigenvalue weighted by Crippen LogP contribution is -2.55. The molecular formula is C15H28N2O5. The van der Waals surface area contributed by atoms with Gasteiger partial charge in [-0.25, -0.2) is 9.59 Å². The molecule has 3 unspecified atom stereocenters. The van der Waals surface area contributed by atoms with Crippen molar-refractivity contribution in [2.45, 2.75) is 58.3 Å². The Morgan fingerprint density at radius 2 is 2.00 bits per heavy atom. The van der Waals surface area contributed by atoms with Crippen molar-refractivity contribution in [2.75, 3.05) is 20.2 Å². The van der Waals surface area contributed by atoms with E-state index >= 15 is 0 Å². The van der Waals surface area contributed by atoms with Crippen molar-refractivity contribution < 1.29 is 24.2 Å². The van der Waals surface area contributed by atoms with Gasteiger partial charge in [-0.05, 0) is 33.6 Å². The molecule has 0 aliphatic carbocycles. The lowest BCUT2D eigenvalue weighted by molar-refractivity contribution is 0.0225. The molecule has 0 radical (unpaired) electrons. The van der Waals surface area contributed by atoms with Crippen molar-refractivity contribution in [1.82, 2.24) is 10.2 Å². The van der Waals surface area contributed by atoms with Crippen LogP contribution in [0.1, 0.15) is 40.5 Å². The summed E-state index contributed by atoms with van der Waals surface area (Å²) in [5, 5.41) is 12.8. The van der Waals surface area contributed by atoms with E-state index < -0.39 is 23.9 Å². The molecule has 0 aromatic carbocycles. The fourth-order valence-electron chi connectivity index (χ4n) is 2.61. The number of ether oxygens (including phenoxy) is 2. The third-order valence-corrected chi connectivity index (χ3v) is 3.60. The summed E-state index contributed by atoms with van der Waals surface area (Å²) < 4.78 is 9.98. The number of hydrogen-bond donors (Lipinski definition) is 2. The predicted molar refractivity (Wildman–Crippen MR) is 81.5 cm³/mol. The quantitative estimate of drug-likeness (QED) is 0.828. The van der Waals surface area contributed by atoms with E-state index in [1.165, 1.54) is 12.0 Å². The Hall–Kier alpha value is -1.50. The van der Waals surface area contributed by atoms with Gasteiger partial charge in [0, 0.05) is 19.0 Å². The standard InChI is InChI=1S/C15H28N2O5/c1-6-12(18)10-7-11(9-17(8-10)14(20)21-5)16-13(19)22-15(2,3)4/h10-12,18H,6-9H2,1-5H3,(H,16,19). The Labute approximate surface area is 131 Å². The molecule has 22 heavy (non-hydrogen) atoms. The van der Waals surface area contributed by atoms with Crippen LogP contribution in [0.4, 0.5) is 9.59 Å². The lowest BCUT2D eigenvalue weighted by Gasteiger charge is -2.39. The van der Waals surface area contributed by atoms with E-state index in [9.17, 15) is 14.7 Å². The molecular weight excluding hydrogens is 288 g/mol. The summed E-state index contributed by atoms with van der Waals surface area (Å²) in [6, 6.07) is -0.270. The smallest absolute Gasteiger partial charge is 0.409 e. The van der Waals surface area contributed by atoms with E-state index in [0.717, 1.165) is 0 Å². The summed E-state index contributed by atoms with van der Waals surface area (Å²) in [4.78, 5) is 25.2.